The predicted octanol–water partition coefficient (Wildman–Crippen LogP) is 8.81. The Balaban J connectivity index is 1.19. The topological polar surface area (TPSA) is 43.7 Å². The van der Waals surface area contributed by atoms with Crippen molar-refractivity contribution in [1.82, 2.24) is 4.90 Å². The van der Waals surface area contributed by atoms with Crippen LogP contribution in [0.4, 0.5) is 26.3 Å². The Morgan fingerprint density at radius 3 is 2.24 bits per heavy atom. The highest BCUT2D eigenvalue weighted by Gasteiger charge is 2.60. The molecule has 0 saturated heterocycles. The minimum atomic E-state index is -5.46. The summed E-state index contributed by atoms with van der Waals surface area (Å²) in [6.45, 7) is 3.79. The van der Waals surface area contributed by atoms with Gasteiger partial charge >= 0.3 is 12.1 Å². The molecule has 42 heavy (non-hydrogen) atoms. The zero-order chi connectivity index (χ0) is 30.7. The maximum absolute atomic E-state index is 15.9. The Morgan fingerprint density at radius 1 is 0.929 bits per heavy atom. The standard InChI is InChI=1S/C33H49F6NO2/c1-31-21-27(34)30-25-13-12-24(41)20-23(25)19-22(29(30)26(31)14-15-28(31)42)11-7-3-5-9-17-40(2)18-10-6-4-8-16-32(35,36)33(37,38)39/h12-13,20,22,26-30,41-42H,3-11,14-19,21H2,1-2H3/t22-,26+,27+,28-,29+,30+,31+/m1/s1. The second kappa shape index (κ2) is 13.7. The fourth-order valence-corrected chi connectivity index (χ4v) is 8.51. The molecular formula is C33H49F6NO2. The number of nitrogens with zero attached hydrogens (tertiary/aromatic N) is 1. The van der Waals surface area contributed by atoms with Crippen LogP contribution in [0.3, 0.4) is 0 Å². The normalized spacial score (nSPS) is 31.2. The fourth-order valence-electron chi connectivity index (χ4n) is 8.51. The van der Waals surface area contributed by atoms with Crippen LogP contribution >= 0.6 is 0 Å². The summed E-state index contributed by atoms with van der Waals surface area (Å²) in [5.41, 5.74) is 1.75. The monoisotopic (exact) mass is 605 g/mol. The highest BCUT2D eigenvalue weighted by molar-refractivity contribution is 5.41. The van der Waals surface area contributed by atoms with Crippen molar-refractivity contribution in [2.24, 2.45) is 23.2 Å². The quantitative estimate of drug-likeness (QED) is 0.165. The number of aromatic hydroxyl groups is 1. The lowest BCUT2D eigenvalue weighted by atomic mass is 9.51. The second-order valence-corrected chi connectivity index (χ2v) is 13.7. The van der Waals surface area contributed by atoms with Crippen molar-refractivity contribution in [2.75, 3.05) is 20.1 Å². The van der Waals surface area contributed by atoms with E-state index < -0.39 is 30.8 Å². The summed E-state index contributed by atoms with van der Waals surface area (Å²) in [5.74, 6) is -3.69. The molecule has 0 amide bonds. The van der Waals surface area contributed by atoms with Gasteiger partial charge in [-0.05, 0) is 118 Å². The van der Waals surface area contributed by atoms with Crippen molar-refractivity contribution in [2.45, 2.75) is 127 Å². The molecule has 0 aromatic heterocycles. The Bertz CT molecular complexity index is 1020. The minimum Gasteiger partial charge on any atom is -0.508 e. The second-order valence-electron chi connectivity index (χ2n) is 13.7. The Kier molecular flexibility index (Phi) is 10.9. The average molecular weight is 606 g/mol. The van der Waals surface area contributed by atoms with E-state index in [1.807, 2.05) is 19.2 Å². The van der Waals surface area contributed by atoms with Crippen LogP contribution in [0.2, 0.25) is 0 Å². The van der Waals surface area contributed by atoms with E-state index in [4.69, 9.17) is 0 Å². The van der Waals surface area contributed by atoms with E-state index in [0.717, 1.165) is 82.0 Å². The number of aliphatic hydroxyl groups is 1. The van der Waals surface area contributed by atoms with E-state index in [-0.39, 0.29) is 29.4 Å². The number of fused-ring (bicyclic) bond motifs is 5. The first-order chi connectivity index (χ1) is 19.7. The molecule has 0 heterocycles. The average Bonchev–Trinajstić information content (AvgIpc) is 3.20. The lowest BCUT2D eigenvalue weighted by Gasteiger charge is -2.54. The molecule has 1 aromatic carbocycles. The molecule has 2 N–H and O–H groups in total. The van der Waals surface area contributed by atoms with Crippen LogP contribution < -0.4 is 0 Å². The number of hydrogen-bond acceptors (Lipinski definition) is 3. The zero-order valence-corrected chi connectivity index (χ0v) is 25.1. The number of benzene rings is 1. The molecule has 3 aliphatic carbocycles. The first kappa shape index (κ1) is 33.4. The molecule has 240 valence electrons. The molecule has 0 bridgehead atoms. The van der Waals surface area contributed by atoms with E-state index >= 15 is 4.39 Å². The molecule has 4 rings (SSSR count). The molecule has 0 unspecified atom stereocenters. The van der Waals surface area contributed by atoms with Crippen LogP contribution in [-0.4, -0.2) is 59.6 Å². The van der Waals surface area contributed by atoms with E-state index in [2.05, 4.69) is 11.8 Å². The molecule has 0 spiro atoms. The van der Waals surface area contributed by atoms with Crippen molar-refractivity contribution in [3.8, 4) is 5.75 Å². The van der Waals surface area contributed by atoms with Gasteiger partial charge in [-0.2, -0.15) is 22.0 Å². The number of aliphatic hydroxyl groups excluding tert-OH is 1. The third kappa shape index (κ3) is 7.41. The SMILES string of the molecule is CN(CCCCCC[C@@H]1Cc2cc(O)ccc2[C@@H]2[C@@H]1[C@@H]1CC[C@@H](O)[C@@]1(C)C[C@@H]2F)CCCCCCC(F)(F)C(F)(F)F. The number of phenolic OH excluding ortho intramolecular Hbond substituents is 1. The van der Waals surface area contributed by atoms with Crippen molar-refractivity contribution in [1.29, 1.82) is 0 Å². The number of halogens is 6. The molecule has 0 radical (unpaired) electrons. The first-order valence-electron chi connectivity index (χ1n) is 16.0. The first-order valence-corrected chi connectivity index (χ1v) is 16.0. The predicted molar refractivity (Wildman–Crippen MR) is 153 cm³/mol. The van der Waals surface area contributed by atoms with Crippen LogP contribution in [0.5, 0.6) is 5.75 Å². The third-order valence-electron chi connectivity index (χ3n) is 10.8. The summed E-state index contributed by atoms with van der Waals surface area (Å²) >= 11 is 0. The summed E-state index contributed by atoms with van der Waals surface area (Å²) in [6.07, 6.45) is 1.79. The largest absolute Gasteiger partial charge is 0.508 e. The van der Waals surface area contributed by atoms with E-state index in [9.17, 15) is 32.2 Å². The maximum atomic E-state index is 15.9. The summed E-state index contributed by atoms with van der Waals surface area (Å²) in [7, 11) is 2.01. The van der Waals surface area contributed by atoms with Crippen LogP contribution in [0.1, 0.15) is 107 Å². The van der Waals surface area contributed by atoms with Gasteiger partial charge in [-0.25, -0.2) is 4.39 Å². The molecule has 3 aliphatic rings. The van der Waals surface area contributed by atoms with Crippen molar-refractivity contribution in [3.63, 3.8) is 0 Å². The summed E-state index contributed by atoms with van der Waals surface area (Å²) in [4.78, 5) is 2.19. The maximum Gasteiger partial charge on any atom is 0.453 e. The lowest BCUT2D eigenvalue weighted by Crippen LogP contribution is -2.51. The highest BCUT2D eigenvalue weighted by atomic mass is 19.4. The van der Waals surface area contributed by atoms with Gasteiger partial charge in [-0.3, -0.25) is 0 Å². The van der Waals surface area contributed by atoms with Crippen LogP contribution in [-0.2, 0) is 6.42 Å². The van der Waals surface area contributed by atoms with Gasteiger partial charge in [0.05, 0.1) is 6.10 Å². The van der Waals surface area contributed by atoms with Gasteiger partial charge in [-0.15, -0.1) is 0 Å². The molecule has 1 aromatic rings. The summed E-state index contributed by atoms with van der Waals surface area (Å²) in [5, 5.41) is 20.9. The molecule has 0 aliphatic heterocycles. The van der Waals surface area contributed by atoms with E-state index in [1.165, 1.54) is 0 Å². The van der Waals surface area contributed by atoms with Gasteiger partial charge in [0.2, 0.25) is 0 Å². The summed E-state index contributed by atoms with van der Waals surface area (Å²) < 4.78 is 78.6. The van der Waals surface area contributed by atoms with Crippen LogP contribution in [0.15, 0.2) is 18.2 Å². The van der Waals surface area contributed by atoms with Crippen molar-refractivity contribution >= 4 is 0 Å². The van der Waals surface area contributed by atoms with Crippen LogP contribution in [0, 0.1) is 23.2 Å². The lowest BCUT2D eigenvalue weighted by molar-refractivity contribution is -0.284. The number of rotatable bonds is 14. The van der Waals surface area contributed by atoms with Gasteiger partial charge in [0.1, 0.15) is 11.9 Å². The van der Waals surface area contributed by atoms with Gasteiger partial charge < -0.3 is 15.1 Å². The Labute approximate surface area is 247 Å². The van der Waals surface area contributed by atoms with Crippen LogP contribution in [0.25, 0.3) is 0 Å². The number of phenols is 1. The van der Waals surface area contributed by atoms with Gasteiger partial charge in [0, 0.05) is 12.3 Å². The summed E-state index contributed by atoms with van der Waals surface area (Å²) in [6, 6.07) is 5.41. The fraction of sp³-hybridized carbons (Fsp3) is 0.818. The zero-order valence-electron chi connectivity index (χ0n) is 25.1. The van der Waals surface area contributed by atoms with Crippen molar-refractivity contribution < 1.29 is 36.6 Å². The molecule has 7 atom stereocenters. The molecule has 2 saturated carbocycles. The smallest absolute Gasteiger partial charge is 0.453 e. The molecule has 2 fully saturated rings. The van der Waals surface area contributed by atoms with Gasteiger partial charge in [0.15, 0.2) is 0 Å². The highest BCUT2D eigenvalue weighted by Crippen LogP contribution is 2.63. The minimum absolute atomic E-state index is 0.127. The Hall–Kier alpha value is -1.48. The van der Waals surface area contributed by atoms with Gasteiger partial charge in [-0.1, -0.05) is 45.1 Å². The number of alkyl halides is 6. The third-order valence-corrected chi connectivity index (χ3v) is 10.8. The van der Waals surface area contributed by atoms with Gasteiger partial charge in [0.25, 0.3) is 0 Å². The number of hydrogen-bond donors (Lipinski definition) is 2. The molecular weight excluding hydrogens is 556 g/mol. The van der Waals surface area contributed by atoms with Crippen molar-refractivity contribution in [3.05, 3.63) is 29.3 Å². The van der Waals surface area contributed by atoms with E-state index in [1.54, 1.807) is 6.07 Å². The van der Waals surface area contributed by atoms with E-state index in [0.29, 0.717) is 31.1 Å². The molecule has 3 nitrogen and oxygen atoms in total. The molecule has 9 heteroatoms. The number of unbranched alkanes of at least 4 members (excludes halogenated alkanes) is 6. The Morgan fingerprint density at radius 2 is 1.57 bits per heavy atom.